The predicted molar refractivity (Wildman–Crippen MR) is 82.7 cm³/mol. The molecule has 4 aliphatic carbocycles. The first-order chi connectivity index (χ1) is 9.95. The second kappa shape index (κ2) is 4.57. The van der Waals surface area contributed by atoms with Gasteiger partial charge < -0.3 is 5.11 Å². The van der Waals surface area contributed by atoms with Gasteiger partial charge in [0.15, 0.2) is 0 Å². The molecule has 1 N–H and O–H groups in total. The fourth-order valence-electron chi connectivity index (χ4n) is 7.02. The summed E-state index contributed by atoms with van der Waals surface area (Å²) in [6.45, 7) is 4.85. The molecule has 4 rings (SSSR count). The monoisotopic (exact) mass is 290 g/mol. The molecule has 4 saturated carbocycles. The van der Waals surface area contributed by atoms with Crippen molar-refractivity contribution in [1.82, 2.24) is 0 Å². The van der Waals surface area contributed by atoms with Crippen molar-refractivity contribution < 1.29 is 9.90 Å². The smallest absolute Gasteiger partial charge is 0.133 e. The highest BCUT2D eigenvalue weighted by Gasteiger charge is 2.59. The van der Waals surface area contributed by atoms with Crippen molar-refractivity contribution in [3.8, 4) is 0 Å². The molecule has 0 aliphatic heterocycles. The largest absolute Gasteiger partial charge is 0.393 e. The topological polar surface area (TPSA) is 37.3 Å². The lowest BCUT2D eigenvalue weighted by atomic mass is 9.45. The number of rotatable bonds is 0. The number of ketones is 1. The fourth-order valence-corrected chi connectivity index (χ4v) is 7.02. The van der Waals surface area contributed by atoms with Gasteiger partial charge in [0.25, 0.3) is 0 Å². The van der Waals surface area contributed by atoms with E-state index in [4.69, 9.17) is 0 Å². The van der Waals surface area contributed by atoms with Crippen LogP contribution in [-0.2, 0) is 4.79 Å². The van der Waals surface area contributed by atoms with Crippen LogP contribution >= 0.6 is 0 Å². The van der Waals surface area contributed by atoms with Gasteiger partial charge in [0.05, 0.1) is 6.10 Å². The SMILES string of the molecule is C[C@]12CCC(=O)C[C@@H]1CCC1[C@@H]2CC[C@]2(C)[C@@H](O)CC[C@@H]12. The van der Waals surface area contributed by atoms with Gasteiger partial charge in [-0.05, 0) is 79.4 Å². The molecule has 0 saturated heterocycles. The second-order valence-electron chi connectivity index (χ2n) is 9.04. The third-order valence-electron chi connectivity index (χ3n) is 8.43. The van der Waals surface area contributed by atoms with Gasteiger partial charge in [-0.15, -0.1) is 0 Å². The number of hydrogen-bond acceptors (Lipinski definition) is 2. The third kappa shape index (κ3) is 1.84. The summed E-state index contributed by atoms with van der Waals surface area (Å²) in [5.41, 5.74) is 0.598. The van der Waals surface area contributed by atoms with Gasteiger partial charge in [-0.3, -0.25) is 4.79 Å². The fraction of sp³-hybridized carbons (Fsp3) is 0.947. The summed E-state index contributed by atoms with van der Waals surface area (Å²) in [6.07, 6.45) is 10.0. The Morgan fingerprint density at radius 2 is 1.71 bits per heavy atom. The summed E-state index contributed by atoms with van der Waals surface area (Å²) in [4.78, 5) is 11.9. The Labute approximate surface area is 128 Å². The van der Waals surface area contributed by atoms with Gasteiger partial charge in [-0.25, -0.2) is 0 Å². The number of hydrogen-bond donors (Lipinski definition) is 1. The summed E-state index contributed by atoms with van der Waals surface area (Å²) < 4.78 is 0. The van der Waals surface area contributed by atoms with Gasteiger partial charge in [-0.1, -0.05) is 13.8 Å². The highest BCUT2D eigenvalue weighted by atomic mass is 16.3. The third-order valence-corrected chi connectivity index (χ3v) is 8.43. The normalized spacial score (nSPS) is 56.5. The Morgan fingerprint density at radius 3 is 2.52 bits per heavy atom. The van der Waals surface area contributed by atoms with Crippen molar-refractivity contribution in [3.63, 3.8) is 0 Å². The van der Waals surface area contributed by atoms with Crippen molar-refractivity contribution in [1.29, 1.82) is 0 Å². The van der Waals surface area contributed by atoms with Crippen molar-refractivity contribution in [3.05, 3.63) is 0 Å². The van der Waals surface area contributed by atoms with Gasteiger partial charge in [0.2, 0.25) is 0 Å². The molecule has 1 unspecified atom stereocenters. The minimum absolute atomic E-state index is 0.0677. The maximum atomic E-state index is 11.9. The predicted octanol–water partition coefficient (Wildman–Crippen LogP) is 3.96. The van der Waals surface area contributed by atoms with Crippen LogP contribution in [0.4, 0.5) is 0 Å². The Hall–Kier alpha value is -0.370. The van der Waals surface area contributed by atoms with Crippen molar-refractivity contribution in [2.24, 2.45) is 34.5 Å². The molecule has 0 heterocycles. The maximum absolute atomic E-state index is 11.9. The molecule has 21 heavy (non-hydrogen) atoms. The molecule has 4 aliphatic rings. The summed E-state index contributed by atoms with van der Waals surface area (Å²) in [6, 6.07) is 0. The van der Waals surface area contributed by atoms with Crippen LogP contribution in [-0.4, -0.2) is 17.0 Å². The van der Waals surface area contributed by atoms with Crippen LogP contribution in [0.15, 0.2) is 0 Å². The number of aliphatic hydroxyl groups excluding tert-OH is 1. The van der Waals surface area contributed by atoms with Crippen LogP contribution < -0.4 is 0 Å². The first-order valence-electron chi connectivity index (χ1n) is 9.15. The standard InChI is InChI=1S/C19H30O2/c1-18-9-7-13(20)11-12(18)3-4-14-15-5-6-17(21)19(15,2)10-8-16(14)18/h12,14-17,21H,3-11H2,1-2H3/t12-,14?,15-,16-,17-,18-,19-/m0/s1. The molecule has 0 aromatic carbocycles. The Balaban J connectivity index is 1.64. The summed E-state index contributed by atoms with van der Waals surface area (Å²) in [7, 11) is 0. The molecule has 0 radical (unpaired) electrons. The van der Waals surface area contributed by atoms with E-state index >= 15 is 0 Å². The van der Waals surface area contributed by atoms with E-state index < -0.39 is 0 Å². The van der Waals surface area contributed by atoms with E-state index in [2.05, 4.69) is 13.8 Å². The van der Waals surface area contributed by atoms with E-state index in [-0.39, 0.29) is 11.5 Å². The lowest BCUT2D eigenvalue weighted by Gasteiger charge is -2.60. The van der Waals surface area contributed by atoms with E-state index in [0.717, 1.165) is 43.4 Å². The van der Waals surface area contributed by atoms with Crippen LogP contribution in [0.1, 0.15) is 71.6 Å². The molecule has 0 aromatic rings. The van der Waals surface area contributed by atoms with Gasteiger partial charge >= 0.3 is 0 Å². The molecule has 0 bridgehead atoms. The Kier molecular flexibility index (Phi) is 3.10. The van der Waals surface area contributed by atoms with Crippen LogP contribution in [0.3, 0.4) is 0 Å². The highest BCUT2D eigenvalue weighted by Crippen LogP contribution is 2.65. The minimum Gasteiger partial charge on any atom is -0.393 e. The molecule has 0 spiro atoms. The van der Waals surface area contributed by atoms with Gasteiger partial charge in [0.1, 0.15) is 5.78 Å². The molecule has 0 amide bonds. The van der Waals surface area contributed by atoms with Crippen LogP contribution in [0, 0.1) is 34.5 Å². The molecule has 4 fully saturated rings. The Bertz CT molecular complexity index is 458. The van der Waals surface area contributed by atoms with Crippen molar-refractivity contribution >= 4 is 5.78 Å². The molecule has 0 aromatic heterocycles. The van der Waals surface area contributed by atoms with Crippen LogP contribution in [0.5, 0.6) is 0 Å². The average Bonchev–Trinajstić information content (AvgIpc) is 2.76. The van der Waals surface area contributed by atoms with Gasteiger partial charge in [-0.2, -0.15) is 0 Å². The zero-order chi connectivity index (χ0) is 14.8. The van der Waals surface area contributed by atoms with Gasteiger partial charge in [0, 0.05) is 12.8 Å². The number of aliphatic hydroxyl groups is 1. The average molecular weight is 290 g/mol. The van der Waals surface area contributed by atoms with Crippen LogP contribution in [0.25, 0.3) is 0 Å². The first-order valence-corrected chi connectivity index (χ1v) is 9.15. The quantitative estimate of drug-likeness (QED) is 0.733. The van der Waals surface area contributed by atoms with Crippen LogP contribution in [0.2, 0.25) is 0 Å². The van der Waals surface area contributed by atoms with Crippen molar-refractivity contribution in [2.75, 3.05) is 0 Å². The van der Waals surface area contributed by atoms with E-state index in [1.54, 1.807) is 0 Å². The number of fused-ring (bicyclic) bond motifs is 5. The van der Waals surface area contributed by atoms with E-state index in [1.807, 2.05) is 0 Å². The lowest BCUT2D eigenvalue weighted by Crippen LogP contribution is -2.54. The number of Topliss-reactive ketones (excluding diaryl/α,β-unsaturated/α-hetero) is 1. The summed E-state index contributed by atoms with van der Waals surface area (Å²) in [5.74, 6) is 3.52. The van der Waals surface area contributed by atoms with E-state index in [0.29, 0.717) is 17.1 Å². The maximum Gasteiger partial charge on any atom is 0.133 e. The summed E-state index contributed by atoms with van der Waals surface area (Å²) in [5, 5.41) is 10.5. The van der Waals surface area contributed by atoms with Crippen molar-refractivity contribution in [2.45, 2.75) is 77.7 Å². The molecule has 118 valence electrons. The molecule has 2 nitrogen and oxygen atoms in total. The zero-order valence-electron chi connectivity index (χ0n) is 13.6. The zero-order valence-corrected chi connectivity index (χ0v) is 13.6. The number of carbonyl (C=O) groups excluding carboxylic acids is 1. The Morgan fingerprint density at radius 1 is 0.952 bits per heavy atom. The lowest BCUT2D eigenvalue weighted by molar-refractivity contribution is -0.141. The van der Waals surface area contributed by atoms with E-state index in [1.165, 1.54) is 32.1 Å². The first kappa shape index (κ1) is 14.2. The van der Waals surface area contributed by atoms with E-state index in [9.17, 15) is 9.90 Å². The molecule has 7 atom stereocenters. The molecular formula is C19H30O2. The minimum atomic E-state index is -0.0677. The second-order valence-corrected chi connectivity index (χ2v) is 9.04. The molecule has 2 heteroatoms. The summed E-state index contributed by atoms with van der Waals surface area (Å²) >= 11 is 0. The number of carbonyl (C=O) groups is 1. The highest BCUT2D eigenvalue weighted by molar-refractivity contribution is 5.79. The molecular weight excluding hydrogens is 260 g/mol.